The van der Waals surface area contributed by atoms with E-state index in [1.165, 1.54) is 12.1 Å². The molecule has 1 fully saturated rings. The topological polar surface area (TPSA) is 79.4 Å². The highest BCUT2D eigenvalue weighted by molar-refractivity contribution is 7.92. The van der Waals surface area contributed by atoms with E-state index in [4.69, 9.17) is 0 Å². The second-order valence-corrected chi connectivity index (χ2v) is 9.13. The van der Waals surface area contributed by atoms with Gasteiger partial charge in [-0.2, -0.15) is 0 Å². The molecule has 0 saturated carbocycles. The molecule has 0 aliphatic carbocycles. The van der Waals surface area contributed by atoms with Gasteiger partial charge in [-0.25, -0.2) is 8.42 Å². The number of sulfone groups is 1. The van der Waals surface area contributed by atoms with Crippen molar-refractivity contribution in [3.05, 3.63) is 59.9 Å². The second kappa shape index (κ2) is 8.82. The van der Waals surface area contributed by atoms with E-state index in [-0.39, 0.29) is 29.3 Å². The van der Waals surface area contributed by atoms with Crippen LogP contribution in [0.15, 0.2) is 53.7 Å². The van der Waals surface area contributed by atoms with Crippen molar-refractivity contribution in [2.24, 2.45) is 0 Å². The first-order valence-corrected chi connectivity index (χ1v) is 10.2. The molecule has 1 aromatic heterocycles. The van der Waals surface area contributed by atoms with Crippen molar-refractivity contribution in [3.8, 4) is 0 Å². The van der Waals surface area contributed by atoms with E-state index >= 15 is 0 Å². The van der Waals surface area contributed by atoms with E-state index in [0.29, 0.717) is 18.7 Å². The fourth-order valence-corrected chi connectivity index (χ4v) is 4.10. The van der Waals surface area contributed by atoms with Crippen molar-refractivity contribution in [3.63, 3.8) is 0 Å². The van der Waals surface area contributed by atoms with Crippen LogP contribution in [0.1, 0.15) is 35.8 Å². The zero-order valence-corrected chi connectivity index (χ0v) is 17.0. The van der Waals surface area contributed by atoms with Crippen LogP contribution in [-0.2, 0) is 9.84 Å². The van der Waals surface area contributed by atoms with Crippen LogP contribution in [0.2, 0.25) is 0 Å². The lowest BCUT2D eigenvalue weighted by molar-refractivity contribution is 0.0634. The average molecular weight is 410 g/mol. The number of pyridine rings is 1. The molecule has 27 heavy (non-hydrogen) atoms. The number of benzene rings is 1. The molecule has 0 bridgehead atoms. The van der Waals surface area contributed by atoms with Crippen molar-refractivity contribution in [2.75, 3.05) is 19.6 Å². The van der Waals surface area contributed by atoms with Crippen LogP contribution < -0.4 is 5.32 Å². The molecule has 2 aromatic rings. The van der Waals surface area contributed by atoms with E-state index in [1.54, 1.807) is 38.4 Å². The number of nitrogens with zero attached hydrogens (tertiary/aromatic N) is 2. The van der Waals surface area contributed by atoms with Crippen molar-refractivity contribution in [1.29, 1.82) is 0 Å². The molecule has 0 spiro atoms. The molecule has 1 N–H and O–H groups in total. The molecule has 2 heterocycles. The summed E-state index contributed by atoms with van der Waals surface area (Å²) in [6.07, 6.45) is 3.48. The van der Waals surface area contributed by atoms with Gasteiger partial charge in [0.15, 0.2) is 9.84 Å². The summed E-state index contributed by atoms with van der Waals surface area (Å²) in [5.74, 6) is -0.103. The fourth-order valence-electron chi connectivity index (χ4n) is 3.04. The monoisotopic (exact) mass is 409 g/mol. The maximum atomic E-state index is 13.0. The first kappa shape index (κ1) is 21.3. The molecule has 1 atom stereocenters. The highest BCUT2D eigenvalue weighted by atomic mass is 35.5. The number of hydrogen-bond donors (Lipinski definition) is 1. The number of halogens is 1. The molecule has 146 valence electrons. The Morgan fingerprint density at radius 2 is 1.93 bits per heavy atom. The molecule has 0 radical (unpaired) electrons. The molecule has 1 aromatic carbocycles. The number of carbonyl (C=O) groups excluding carboxylic acids is 1. The lowest BCUT2D eigenvalue weighted by atomic mass is 10.0. The SMILES string of the molecule is CC(C)S(=O)(=O)c1ccc(C(=O)N2CCNCC2c2cccnc2)cc1.Cl. The molecule has 1 unspecified atom stereocenters. The maximum Gasteiger partial charge on any atom is 0.254 e. The van der Waals surface area contributed by atoms with Crippen LogP contribution in [-0.4, -0.2) is 49.1 Å². The summed E-state index contributed by atoms with van der Waals surface area (Å²) in [7, 11) is -3.34. The summed E-state index contributed by atoms with van der Waals surface area (Å²) in [6, 6.07) is 9.96. The van der Waals surface area contributed by atoms with Gasteiger partial charge in [-0.3, -0.25) is 9.78 Å². The Morgan fingerprint density at radius 1 is 1.22 bits per heavy atom. The number of nitrogens with one attached hydrogen (secondary N) is 1. The van der Waals surface area contributed by atoms with Gasteiger partial charge in [0, 0.05) is 37.6 Å². The van der Waals surface area contributed by atoms with Crippen LogP contribution in [0.4, 0.5) is 0 Å². The first-order chi connectivity index (χ1) is 12.4. The van der Waals surface area contributed by atoms with E-state index in [2.05, 4.69) is 10.3 Å². The van der Waals surface area contributed by atoms with E-state index in [1.807, 2.05) is 17.0 Å². The number of aromatic nitrogens is 1. The first-order valence-electron chi connectivity index (χ1n) is 8.67. The van der Waals surface area contributed by atoms with Gasteiger partial charge < -0.3 is 10.2 Å². The van der Waals surface area contributed by atoms with Gasteiger partial charge in [0.1, 0.15) is 0 Å². The van der Waals surface area contributed by atoms with Crippen LogP contribution in [0.5, 0.6) is 0 Å². The van der Waals surface area contributed by atoms with E-state index in [9.17, 15) is 13.2 Å². The van der Waals surface area contributed by atoms with Crippen molar-refractivity contribution in [2.45, 2.75) is 30.0 Å². The molecule has 6 nitrogen and oxygen atoms in total. The standard InChI is InChI=1S/C19H23N3O3S.ClH/c1-14(2)26(24,25)17-7-5-15(6-8-17)19(23)22-11-10-21-13-18(22)16-4-3-9-20-12-16;/h3-9,12,14,18,21H,10-11,13H2,1-2H3;1H. The summed E-state index contributed by atoms with van der Waals surface area (Å²) in [5.41, 5.74) is 1.47. The van der Waals surface area contributed by atoms with E-state index < -0.39 is 15.1 Å². The van der Waals surface area contributed by atoms with Crippen molar-refractivity contribution >= 4 is 28.2 Å². The van der Waals surface area contributed by atoms with Crippen LogP contribution >= 0.6 is 12.4 Å². The number of amides is 1. The Bertz CT molecular complexity index is 871. The Morgan fingerprint density at radius 3 is 2.52 bits per heavy atom. The van der Waals surface area contributed by atoms with Crippen molar-refractivity contribution < 1.29 is 13.2 Å². The molecule has 3 rings (SSSR count). The molecule has 8 heteroatoms. The van der Waals surface area contributed by atoms with Crippen molar-refractivity contribution in [1.82, 2.24) is 15.2 Å². The number of rotatable bonds is 4. The lowest BCUT2D eigenvalue weighted by Gasteiger charge is -2.36. The minimum Gasteiger partial charge on any atom is -0.329 e. The van der Waals surface area contributed by atoms with Gasteiger partial charge in [0.2, 0.25) is 0 Å². The van der Waals surface area contributed by atoms with Crippen LogP contribution in [0.3, 0.4) is 0 Å². The van der Waals surface area contributed by atoms with Gasteiger partial charge in [0.05, 0.1) is 16.2 Å². The quantitative estimate of drug-likeness (QED) is 0.839. The maximum absolute atomic E-state index is 13.0. The lowest BCUT2D eigenvalue weighted by Crippen LogP contribution is -2.48. The number of carbonyl (C=O) groups is 1. The van der Waals surface area contributed by atoms with Gasteiger partial charge in [0.25, 0.3) is 5.91 Å². The molecular weight excluding hydrogens is 386 g/mol. The van der Waals surface area contributed by atoms with Crippen LogP contribution in [0, 0.1) is 0 Å². The minimum absolute atomic E-state index is 0. The third kappa shape index (κ3) is 4.48. The van der Waals surface area contributed by atoms with E-state index in [0.717, 1.165) is 12.1 Å². The fraction of sp³-hybridized carbons (Fsp3) is 0.368. The summed E-state index contributed by atoms with van der Waals surface area (Å²) in [4.78, 5) is 19.2. The Kier molecular flexibility index (Phi) is 6.97. The third-order valence-corrected chi connectivity index (χ3v) is 6.79. The summed E-state index contributed by atoms with van der Waals surface area (Å²) < 4.78 is 24.5. The number of hydrogen-bond acceptors (Lipinski definition) is 5. The van der Waals surface area contributed by atoms with Gasteiger partial charge in [-0.05, 0) is 49.7 Å². The summed E-state index contributed by atoms with van der Waals surface area (Å²) in [5, 5.41) is 2.82. The van der Waals surface area contributed by atoms with Gasteiger partial charge in [-0.15, -0.1) is 12.4 Å². The van der Waals surface area contributed by atoms with Crippen LogP contribution in [0.25, 0.3) is 0 Å². The summed E-state index contributed by atoms with van der Waals surface area (Å²) in [6.45, 7) is 5.27. The third-order valence-electron chi connectivity index (χ3n) is 4.62. The molecule has 1 aliphatic rings. The largest absolute Gasteiger partial charge is 0.329 e. The molecule has 1 aliphatic heterocycles. The summed E-state index contributed by atoms with van der Waals surface area (Å²) >= 11 is 0. The number of piperazine rings is 1. The predicted molar refractivity (Wildman–Crippen MR) is 107 cm³/mol. The molecular formula is C19H24ClN3O3S. The predicted octanol–water partition coefficient (Wildman–Crippen LogP) is 2.47. The van der Waals surface area contributed by atoms with Gasteiger partial charge in [-0.1, -0.05) is 6.07 Å². The Balaban J connectivity index is 0.00000261. The highest BCUT2D eigenvalue weighted by Gasteiger charge is 2.29. The Hall–Kier alpha value is -1.96. The molecule has 1 amide bonds. The Labute approximate surface area is 166 Å². The zero-order valence-electron chi connectivity index (χ0n) is 15.3. The second-order valence-electron chi connectivity index (χ2n) is 6.62. The zero-order chi connectivity index (χ0) is 18.7. The smallest absolute Gasteiger partial charge is 0.254 e. The highest BCUT2D eigenvalue weighted by Crippen LogP contribution is 2.24. The average Bonchev–Trinajstić information content (AvgIpc) is 2.68. The normalized spacial score (nSPS) is 17.4. The minimum atomic E-state index is -3.34. The van der Waals surface area contributed by atoms with Gasteiger partial charge >= 0.3 is 0 Å². The molecule has 1 saturated heterocycles.